The van der Waals surface area contributed by atoms with Gasteiger partial charge in [0.15, 0.2) is 0 Å². The van der Waals surface area contributed by atoms with Gasteiger partial charge in [-0.1, -0.05) is 32.6 Å². The fraction of sp³-hybridized carbons (Fsp3) is 0.400. The number of carbonyl (C=O) groups excluding carboxylic acids is 1. The Hall–Kier alpha value is -1.57. The van der Waals surface area contributed by atoms with Crippen LogP contribution in [0.2, 0.25) is 0 Å². The molecule has 0 amide bonds. The van der Waals surface area contributed by atoms with Crippen molar-refractivity contribution in [3.8, 4) is 0 Å². The highest BCUT2D eigenvalue weighted by Gasteiger charge is 2.19. The van der Waals surface area contributed by atoms with E-state index in [9.17, 15) is 0 Å². The van der Waals surface area contributed by atoms with E-state index in [4.69, 9.17) is 4.79 Å². The standard InChI is InChI=1S/C12H17N.C3H4O/c1-9(2)10-5-4-6-12-11(10)7-8-13(12)3;1-2-3-4/h4-6,9H,7-8H2,1-3H3;2-3H,1H2. The van der Waals surface area contributed by atoms with Crippen LogP contribution in [-0.2, 0) is 11.2 Å². The van der Waals surface area contributed by atoms with Crippen molar-refractivity contribution in [3.63, 3.8) is 0 Å². The number of nitrogens with zero attached hydrogens (tertiary/aromatic N) is 1. The van der Waals surface area contributed by atoms with E-state index in [0.29, 0.717) is 12.2 Å². The van der Waals surface area contributed by atoms with Crippen molar-refractivity contribution >= 4 is 12.0 Å². The van der Waals surface area contributed by atoms with Crippen LogP contribution in [0.15, 0.2) is 30.9 Å². The van der Waals surface area contributed by atoms with Crippen molar-refractivity contribution in [1.82, 2.24) is 0 Å². The smallest absolute Gasteiger partial charge is 0.142 e. The summed E-state index contributed by atoms with van der Waals surface area (Å²) < 4.78 is 0. The Bertz CT molecular complexity index is 390. The largest absolute Gasteiger partial charge is 0.374 e. The molecule has 0 atom stereocenters. The summed E-state index contributed by atoms with van der Waals surface area (Å²) in [7, 11) is 2.18. The van der Waals surface area contributed by atoms with Gasteiger partial charge in [0, 0.05) is 19.3 Å². The molecule has 0 aromatic heterocycles. The highest BCUT2D eigenvalue weighted by atomic mass is 16.1. The lowest BCUT2D eigenvalue weighted by Crippen LogP contribution is -2.12. The first-order valence-corrected chi connectivity index (χ1v) is 6.01. The monoisotopic (exact) mass is 231 g/mol. The molecule has 0 aliphatic carbocycles. The average Bonchev–Trinajstić information content (AvgIpc) is 2.71. The second kappa shape index (κ2) is 6.24. The van der Waals surface area contributed by atoms with Crippen LogP contribution in [0, 0.1) is 0 Å². The zero-order valence-corrected chi connectivity index (χ0v) is 10.9. The number of rotatable bonds is 2. The molecule has 0 unspecified atom stereocenters. The first-order valence-electron chi connectivity index (χ1n) is 6.01. The quantitative estimate of drug-likeness (QED) is 0.575. The van der Waals surface area contributed by atoms with Gasteiger partial charge in [0.05, 0.1) is 0 Å². The van der Waals surface area contributed by atoms with Crippen molar-refractivity contribution in [2.45, 2.75) is 26.2 Å². The summed E-state index contributed by atoms with van der Waals surface area (Å²) in [5.41, 5.74) is 4.54. The molecule has 1 aromatic carbocycles. The lowest BCUT2D eigenvalue weighted by atomic mass is 9.96. The molecule has 0 fully saturated rings. The molecule has 2 heteroatoms. The van der Waals surface area contributed by atoms with E-state index in [-0.39, 0.29) is 0 Å². The van der Waals surface area contributed by atoms with Crippen molar-refractivity contribution in [1.29, 1.82) is 0 Å². The molecule has 1 aliphatic heterocycles. The fourth-order valence-electron chi connectivity index (χ4n) is 2.16. The van der Waals surface area contributed by atoms with Gasteiger partial charge in [-0.05, 0) is 35.6 Å². The Kier molecular flexibility index (Phi) is 4.95. The number of benzene rings is 1. The van der Waals surface area contributed by atoms with Crippen molar-refractivity contribution in [3.05, 3.63) is 42.0 Å². The van der Waals surface area contributed by atoms with Gasteiger partial charge in [0.1, 0.15) is 6.29 Å². The molecule has 2 nitrogen and oxygen atoms in total. The minimum Gasteiger partial charge on any atom is -0.374 e. The summed E-state index contributed by atoms with van der Waals surface area (Å²) >= 11 is 0. The molecule has 1 aromatic rings. The Balaban J connectivity index is 0.000000317. The van der Waals surface area contributed by atoms with E-state index in [0.717, 1.165) is 0 Å². The van der Waals surface area contributed by atoms with Crippen LogP contribution in [0.4, 0.5) is 5.69 Å². The van der Waals surface area contributed by atoms with Crippen LogP contribution in [0.5, 0.6) is 0 Å². The Morgan fingerprint density at radius 3 is 2.59 bits per heavy atom. The number of likely N-dealkylation sites (N-methyl/N-ethyl adjacent to an activating group) is 1. The highest BCUT2D eigenvalue weighted by Crippen LogP contribution is 2.32. The summed E-state index contributed by atoms with van der Waals surface area (Å²) in [5.74, 6) is 0.654. The van der Waals surface area contributed by atoms with Crippen LogP contribution < -0.4 is 4.90 Å². The number of anilines is 1. The molecule has 92 valence electrons. The average molecular weight is 231 g/mol. The third-order valence-electron chi connectivity index (χ3n) is 3.01. The Morgan fingerprint density at radius 1 is 1.41 bits per heavy atom. The molecule has 1 heterocycles. The van der Waals surface area contributed by atoms with Gasteiger partial charge in [0.2, 0.25) is 0 Å². The second-order valence-corrected chi connectivity index (χ2v) is 4.54. The zero-order chi connectivity index (χ0) is 12.8. The maximum atomic E-state index is 9.06. The number of carbonyl (C=O) groups is 1. The molecule has 0 saturated heterocycles. The summed E-state index contributed by atoms with van der Waals surface area (Å²) in [6, 6.07) is 6.67. The lowest BCUT2D eigenvalue weighted by Gasteiger charge is -2.14. The number of hydrogen-bond acceptors (Lipinski definition) is 2. The molecule has 0 spiro atoms. The number of hydrogen-bond donors (Lipinski definition) is 0. The molecule has 0 bridgehead atoms. The number of fused-ring (bicyclic) bond motifs is 1. The molecule has 17 heavy (non-hydrogen) atoms. The Labute approximate surface area is 104 Å². The predicted octanol–water partition coefficient (Wildman–Crippen LogP) is 3.17. The van der Waals surface area contributed by atoms with Gasteiger partial charge in [-0.2, -0.15) is 0 Å². The van der Waals surface area contributed by atoms with Gasteiger partial charge in [-0.3, -0.25) is 4.79 Å². The highest BCUT2D eigenvalue weighted by molar-refractivity contribution is 5.63. The Morgan fingerprint density at radius 2 is 2.06 bits per heavy atom. The normalized spacial score (nSPS) is 12.8. The molecule has 0 N–H and O–H groups in total. The maximum absolute atomic E-state index is 9.06. The van der Waals surface area contributed by atoms with Gasteiger partial charge >= 0.3 is 0 Å². The van der Waals surface area contributed by atoms with Gasteiger partial charge in [-0.15, -0.1) is 0 Å². The molecular formula is C15H21NO. The predicted molar refractivity (Wildman–Crippen MR) is 73.8 cm³/mol. The van der Waals surface area contributed by atoms with E-state index in [1.807, 2.05) is 0 Å². The van der Waals surface area contributed by atoms with Crippen molar-refractivity contribution < 1.29 is 4.79 Å². The van der Waals surface area contributed by atoms with Gasteiger partial charge < -0.3 is 4.90 Å². The minimum absolute atomic E-state index is 0.639. The van der Waals surface area contributed by atoms with E-state index in [2.05, 4.69) is 50.6 Å². The summed E-state index contributed by atoms with van der Waals surface area (Å²) in [6.07, 6.45) is 3.06. The van der Waals surface area contributed by atoms with Crippen LogP contribution in [0.3, 0.4) is 0 Å². The summed E-state index contributed by atoms with van der Waals surface area (Å²) in [6.45, 7) is 8.83. The summed E-state index contributed by atoms with van der Waals surface area (Å²) in [5, 5.41) is 0. The first kappa shape index (κ1) is 13.5. The minimum atomic E-state index is 0.639. The van der Waals surface area contributed by atoms with E-state index < -0.39 is 0 Å². The molecule has 1 aliphatic rings. The topological polar surface area (TPSA) is 20.3 Å². The number of allylic oxidation sites excluding steroid dienone is 1. The van der Waals surface area contributed by atoms with E-state index in [1.165, 1.54) is 30.3 Å². The van der Waals surface area contributed by atoms with Crippen LogP contribution >= 0.6 is 0 Å². The zero-order valence-electron chi connectivity index (χ0n) is 10.9. The molecule has 0 radical (unpaired) electrons. The van der Waals surface area contributed by atoms with Gasteiger partial charge in [0.25, 0.3) is 0 Å². The van der Waals surface area contributed by atoms with Crippen molar-refractivity contribution in [2.75, 3.05) is 18.5 Å². The fourth-order valence-corrected chi connectivity index (χ4v) is 2.16. The van der Waals surface area contributed by atoms with Gasteiger partial charge in [-0.25, -0.2) is 0 Å². The maximum Gasteiger partial charge on any atom is 0.142 e. The second-order valence-electron chi connectivity index (χ2n) is 4.54. The van der Waals surface area contributed by atoms with Crippen LogP contribution in [-0.4, -0.2) is 19.9 Å². The third-order valence-corrected chi connectivity index (χ3v) is 3.01. The lowest BCUT2D eigenvalue weighted by molar-refractivity contribution is -0.104. The molecule has 2 rings (SSSR count). The SMILES string of the molecule is C=CC=O.CC(C)c1cccc2c1CCN2C. The summed E-state index contributed by atoms with van der Waals surface area (Å²) in [4.78, 5) is 11.4. The van der Waals surface area contributed by atoms with Crippen LogP contribution in [0.25, 0.3) is 0 Å². The molecular weight excluding hydrogens is 210 g/mol. The third kappa shape index (κ3) is 3.19. The molecule has 0 saturated carbocycles. The van der Waals surface area contributed by atoms with E-state index >= 15 is 0 Å². The van der Waals surface area contributed by atoms with Crippen molar-refractivity contribution in [2.24, 2.45) is 0 Å². The van der Waals surface area contributed by atoms with E-state index in [1.54, 1.807) is 5.56 Å². The van der Waals surface area contributed by atoms with Crippen LogP contribution in [0.1, 0.15) is 30.9 Å². The number of aldehydes is 1. The first-order chi connectivity index (χ1) is 8.11.